The molecule has 1 N–H and O–H groups in total. The maximum absolute atomic E-state index is 12.8. The molecule has 1 fully saturated rings. The van der Waals surface area contributed by atoms with Crippen LogP contribution in [0.25, 0.3) is 0 Å². The van der Waals surface area contributed by atoms with Crippen LogP contribution in [0.5, 0.6) is 0 Å². The fourth-order valence-electron chi connectivity index (χ4n) is 2.41. The van der Waals surface area contributed by atoms with E-state index in [1.807, 2.05) is 20.8 Å². The van der Waals surface area contributed by atoms with Gasteiger partial charge in [0.05, 0.1) is 5.02 Å². The van der Waals surface area contributed by atoms with E-state index < -0.39 is 10.0 Å². The third kappa shape index (κ3) is 4.87. The Kier molecular flexibility index (Phi) is 6.75. The molecule has 1 heterocycles. The van der Waals surface area contributed by atoms with Crippen LogP contribution >= 0.6 is 27.5 Å². The van der Waals surface area contributed by atoms with Gasteiger partial charge in [0.25, 0.3) is 0 Å². The molecule has 1 aliphatic heterocycles. The monoisotopic (exact) mass is 451 g/mol. The molecule has 1 aromatic rings. The van der Waals surface area contributed by atoms with E-state index in [2.05, 4.69) is 21.2 Å². The summed E-state index contributed by atoms with van der Waals surface area (Å²) in [4.78, 5) is 14.0. The van der Waals surface area contributed by atoms with Crippen molar-refractivity contribution in [2.75, 3.05) is 26.2 Å². The normalized spacial score (nSPS) is 17.6. The highest BCUT2D eigenvalue weighted by molar-refractivity contribution is 9.10. The second-order valence-electron chi connectivity index (χ2n) is 6.45. The quantitative estimate of drug-likeness (QED) is 0.763. The van der Waals surface area contributed by atoms with Crippen molar-refractivity contribution in [3.63, 3.8) is 0 Å². The first-order valence-electron chi connectivity index (χ1n) is 8.13. The van der Waals surface area contributed by atoms with E-state index in [-0.39, 0.29) is 35.1 Å². The zero-order chi connectivity index (χ0) is 18.8. The number of sulfonamides is 1. The Morgan fingerprint density at radius 3 is 2.32 bits per heavy atom. The molecule has 2 rings (SSSR count). The molecular formula is C16H23BrClN3O3S. The Balaban J connectivity index is 2.02. The molecule has 1 atom stereocenters. The molecule has 140 valence electrons. The van der Waals surface area contributed by atoms with Crippen molar-refractivity contribution in [1.29, 1.82) is 0 Å². The van der Waals surface area contributed by atoms with Gasteiger partial charge in [0, 0.05) is 36.7 Å². The van der Waals surface area contributed by atoms with Gasteiger partial charge in [0.15, 0.2) is 0 Å². The Bertz CT molecular complexity index is 734. The number of benzene rings is 1. The predicted molar refractivity (Wildman–Crippen MR) is 102 cm³/mol. The molecule has 0 aromatic heterocycles. The van der Waals surface area contributed by atoms with E-state index in [1.165, 1.54) is 10.4 Å². The Hall–Kier alpha value is -0.830. The topological polar surface area (TPSA) is 69.7 Å². The number of nitrogens with one attached hydrogen (secondary N) is 1. The summed E-state index contributed by atoms with van der Waals surface area (Å²) in [5.41, 5.74) is 0. The first kappa shape index (κ1) is 20.5. The van der Waals surface area contributed by atoms with Crippen molar-refractivity contribution in [3.05, 3.63) is 27.7 Å². The summed E-state index contributed by atoms with van der Waals surface area (Å²) in [5.74, 6) is 0.338. The fourth-order valence-corrected chi connectivity index (χ4v) is 4.84. The Labute approximate surface area is 162 Å². The Morgan fingerprint density at radius 1 is 1.20 bits per heavy atom. The van der Waals surface area contributed by atoms with Crippen LogP contribution in [-0.4, -0.2) is 55.9 Å². The second-order valence-corrected chi connectivity index (χ2v) is 9.68. The van der Waals surface area contributed by atoms with Crippen LogP contribution in [0, 0.1) is 5.92 Å². The zero-order valence-electron chi connectivity index (χ0n) is 14.5. The molecule has 6 nitrogen and oxygen atoms in total. The van der Waals surface area contributed by atoms with Gasteiger partial charge in [-0.05, 0) is 31.0 Å². The van der Waals surface area contributed by atoms with Crippen LogP contribution in [0.1, 0.15) is 20.8 Å². The van der Waals surface area contributed by atoms with Crippen LogP contribution in [-0.2, 0) is 10.0 Å². The number of carbonyl (C=O) groups is 1. The van der Waals surface area contributed by atoms with Crippen LogP contribution < -0.4 is 5.32 Å². The number of halogens is 2. The van der Waals surface area contributed by atoms with Gasteiger partial charge in [-0.25, -0.2) is 13.2 Å². The summed E-state index contributed by atoms with van der Waals surface area (Å²) in [5, 5.41) is 3.12. The molecule has 9 heteroatoms. The smallest absolute Gasteiger partial charge is 0.317 e. The minimum Gasteiger partial charge on any atom is -0.335 e. The number of piperazine rings is 1. The predicted octanol–water partition coefficient (Wildman–Crippen LogP) is 3.16. The molecule has 1 aliphatic rings. The number of carbonyl (C=O) groups excluding carboxylic acids is 1. The van der Waals surface area contributed by atoms with Gasteiger partial charge in [-0.1, -0.05) is 41.4 Å². The highest BCUT2D eigenvalue weighted by Gasteiger charge is 2.31. The van der Waals surface area contributed by atoms with E-state index in [1.54, 1.807) is 17.0 Å². The lowest BCUT2D eigenvalue weighted by Crippen LogP contribution is -2.54. The lowest BCUT2D eigenvalue weighted by atomic mass is 10.1. The van der Waals surface area contributed by atoms with E-state index in [0.29, 0.717) is 19.0 Å². The molecule has 0 spiro atoms. The van der Waals surface area contributed by atoms with E-state index >= 15 is 0 Å². The zero-order valence-corrected chi connectivity index (χ0v) is 17.7. The molecule has 1 saturated heterocycles. The van der Waals surface area contributed by atoms with Crippen LogP contribution in [0.3, 0.4) is 0 Å². The maximum Gasteiger partial charge on any atom is 0.317 e. The SMILES string of the molecule is CC(C)C(C)NC(=O)N1CCN(S(=O)(=O)c2ccc(Br)cc2Cl)CC1. The van der Waals surface area contributed by atoms with Crippen LogP contribution in [0.2, 0.25) is 5.02 Å². The van der Waals surface area contributed by atoms with Crippen molar-refractivity contribution < 1.29 is 13.2 Å². The van der Waals surface area contributed by atoms with Crippen molar-refractivity contribution >= 4 is 43.6 Å². The number of hydrogen-bond donors (Lipinski definition) is 1. The first-order chi connectivity index (χ1) is 11.6. The molecule has 0 radical (unpaired) electrons. The number of hydrogen-bond acceptors (Lipinski definition) is 3. The second kappa shape index (κ2) is 8.24. The van der Waals surface area contributed by atoms with Gasteiger partial charge in [-0.15, -0.1) is 0 Å². The standard InChI is InChI=1S/C16H23BrClN3O3S/c1-11(2)12(3)19-16(22)20-6-8-21(9-7-20)25(23,24)15-5-4-13(17)10-14(15)18/h4-5,10-12H,6-9H2,1-3H3,(H,19,22). The molecular weight excluding hydrogens is 430 g/mol. The third-order valence-electron chi connectivity index (χ3n) is 4.39. The highest BCUT2D eigenvalue weighted by atomic mass is 79.9. The number of amides is 2. The van der Waals surface area contributed by atoms with Crippen molar-refractivity contribution in [2.24, 2.45) is 5.92 Å². The van der Waals surface area contributed by atoms with Crippen molar-refractivity contribution in [1.82, 2.24) is 14.5 Å². The third-order valence-corrected chi connectivity index (χ3v) is 7.26. The highest BCUT2D eigenvalue weighted by Crippen LogP contribution is 2.28. The average Bonchev–Trinajstić information content (AvgIpc) is 2.54. The molecule has 0 aliphatic carbocycles. The number of rotatable bonds is 4. The molecule has 0 saturated carbocycles. The molecule has 0 bridgehead atoms. The van der Waals surface area contributed by atoms with Crippen molar-refractivity contribution in [3.8, 4) is 0 Å². The summed E-state index contributed by atoms with van der Waals surface area (Å²) >= 11 is 9.36. The van der Waals surface area contributed by atoms with Gasteiger partial charge >= 0.3 is 6.03 Å². The fraction of sp³-hybridized carbons (Fsp3) is 0.562. The summed E-state index contributed by atoms with van der Waals surface area (Å²) in [7, 11) is -3.67. The Morgan fingerprint density at radius 2 is 1.80 bits per heavy atom. The van der Waals surface area contributed by atoms with Gasteiger partial charge in [-0.3, -0.25) is 0 Å². The molecule has 1 unspecified atom stereocenters. The van der Waals surface area contributed by atoms with Gasteiger partial charge < -0.3 is 10.2 Å². The van der Waals surface area contributed by atoms with Gasteiger partial charge in [-0.2, -0.15) is 4.31 Å². The average molecular weight is 453 g/mol. The van der Waals surface area contributed by atoms with E-state index in [0.717, 1.165) is 4.47 Å². The van der Waals surface area contributed by atoms with Crippen molar-refractivity contribution in [2.45, 2.75) is 31.7 Å². The summed E-state index contributed by atoms with van der Waals surface area (Å²) in [6.45, 7) is 7.23. The summed E-state index contributed by atoms with van der Waals surface area (Å²) in [6, 6.07) is 4.61. The number of urea groups is 1. The van der Waals surface area contributed by atoms with E-state index in [9.17, 15) is 13.2 Å². The van der Waals surface area contributed by atoms with Gasteiger partial charge in [0.1, 0.15) is 4.90 Å². The summed E-state index contributed by atoms with van der Waals surface area (Å²) < 4.78 is 27.6. The largest absolute Gasteiger partial charge is 0.335 e. The van der Waals surface area contributed by atoms with E-state index in [4.69, 9.17) is 11.6 Å². The molecule has 2 amide bonds. The van der Waals surface area contributed by atoms with Gasteiger partial charge in [0.2, 0.25) is 10.0 Å². The minimum atomic E-state index is -3.67. The minimum absolute atomic E-state index is 0.0656. The molecule has 25 heavy (non-hydrogen) atoms. The maximum atomic E-state index is 12.8. The van der Waals surface area contributed by atoms with Crippen LogP contribution in [0.4, 0.5) is 4.79 Å². The number of nitrogens with zero attached hydrogens (tertiary/aromatic N) is 2. The first-order valence-corrected chi connectivity index (χ1v) is 10.7. The summed E-state index contributed by atoms with van der Waals surface area (Å²) in [6.07, 6.45) is 0. The molecule has 1 aromatic carbocycles. The lowest BCUT2D eigenvalue weighted by molar-refractivity contribution is 0.167. The van der Waals surface area contributed by atoms with Crippen LogP contribution in [0.15, 0.2) is 27.6 Å². The lowest BCUT2D eigenvalue weighted by Gasteiger charge is -2.35.